The van der Waals surface area contributed by atoms with Gasteiger partial charge in [0.05, 0.1) is 25.5 Å². The number of rotatable bonds is 6. The number of ether oxygens (including phenoxy) is 1. The van der Waals surface area contributed by atoms with Crippen molar-refractivity contribution in [2.75, 3.05) is 31.6 Å². The van der Waals surface area contributed by atoms with Crippen LogP contribution < -0.4 is 10.9 Å². The van der Waals surface area contributed by atoms with E-state index in [9.17, 15) is 4.79 Å². The minimum Gasteiger partial charge on any atom is -0.376 e. The molecule has 1 atom stereocenters. The molecule has 0 amide bonds. The van der Waals surface area contributed by atoms with Gasteiger partial charge < -0.3 is 10.1 Å². The van der Waals surface area contributed by atoms with Gasteiger partial charge in [-0.1, -0.05) is 6.42 Å². The Bertz CT molecular complexity index is 1120. The van der Waals surface area contributed by atoms with Crippen LogP contribution in [0.2, 0.25) is 0 Å². The van der Waals surface area contributed by atoms with Gasteiger partial charge in [-0.15, -0.1) is 0 Å². The summed E-state index contributed by atoms with van der Waals surface area (Å²) >= 11 is 0. The van der Waals surface area contributed by atoms with Crippen LogP contribution in [0.15, 0.2) is 23.3 Å². The van der Waals surface area contributed by atoms with Crippen LogP contribution in [0.4, 0.5) is 5.82 Å². The van der Waals surface area contributed by atoms with Gasteiger partial charge in [0.25, 0.3) is 11.3 Å². The fourth-order valence-corrected chi connectivity index (χ4v) is 4.50. The highest BCUT2D eigenvalue weighted by Crippen LogP contribution is 2.19. The second-order valence-corrected chi connectivity index (χ2v) is 8.30. The van der Waals surface area contributed by atoms with Gasteiger partial charge in [-0.25, -0.2) is 9.67 Å². The van der Waals surface area contributed by atoms with Gasteiger partial charge in [-0.05, 0) is 26.3 Å². The van der Waals surface area contributed by atoms with E-state index >= 15 is 0 Å². The molecule has 0 saturated carbocycles. The average molecular weight is 425 g/mol. The van der Waals surface area contributed by atoms with E-state index < -0.39 is 0 Å². The van der Waals surface area contributed by atoms with Crippen LogP contribution in [0, 0.1) is 6.92 Å². The first kappa shape index (κ1) is 20.1. The van der Waals surface area contributed by atoms with Gasteiger partial charge in [0.15, 0.2) is 0 Å². The summed E-state index contributed by atoms with van der Waals surface area (Å²) in [6.45, 7) is 6.38. The summed E-state index contributed by atoms with van der Waals surface area (Å²) in [6, 6.07) is 4.07. The van der Waals surface area contributed by atoms with Crippen LogP contribution in [0.25, 0.3) is 5.78 Å². The summed E-state index contributed by atoms with van der Waals surface area (Å²) in [5.74, 6) is 1.51. The molecule has 0 spiro atoms. The molecule has 31 heavy (non-hydrogen) atoms. The number of anilines is 1. The second-order valence-electron chi connectivity index (χ2n) is 8.30. The molecule has 3 aromatic heterocycles. The average Bonchev–Trinajstić information content (AvgIpc) is 3.25. The highest BCUT2D eigenvalue weighted by atomic mass is 16.5. The Labute approximate surface area is 180 Å². The lowest BCUT2D eigenvalue weighted by molar-refractivity contribution is 0.107. The van der Waals surface area contributed by atoms with E-state index in [0.29, 0.717) is 31.6 Å². The normalized spacial score (nSPS) is 19.5. The molecule has 10 nitrogen and oxygen atoms in total. The quantitative estimate of drug-likeness (QED) is 0.626. The largest absolute Gasteiger partial charge is 0.376 e. The smallest absolute Gasteiger partial charge is 0.267 e. The first-order valence-electron chi connectivity index (χ1n) is 11.0. The van der Waals surface area contributed by atoms with Crippen LogP contribution in [0.3, 0.4) is 0 Å². The number of nitrogens with zero attached hydrogens (tertiary/aromatic N) is 7. The molecular formula is C21H28N8O2. The molecule has 0 radical (unpaired) electrons. The van der Waals surface area contributed by atoms with Crippen LogP contribution in [-0.2, 0) is 24.3 Å². The highest BCUT2D eigenvalue weighted by Gasteiger charge is 2.23. The number of hydrogen-bond donors (Lipinski definition) is 1. The summed E-state index contributed by atoms with van der Waals surface area (Å²) < 4.78 is 8.79. The molecule has 1 unspecified atom stereocenters. The standard InChI is InChI=1S/C21H28N8O2/c1-15-10-19(29-21(25-15)23-14-24-29)22-12-17-4-2-3-6-27(17)7-8-28-20(30)11-16-13-31-9-5-18(16)26-28/h10-11,14,17,22H,2-9,12-13H2,1H3. The number of nitrogens with one attached hydrogen (secondary N) is 1. The molecular weight excluding hydrogens is 396 g/mol. The maximum atomic E-state index is 12.5. The summed E-state index contributed by atoms with van der Waals surface area (Å²) in [5, 5.41) is 12.4. The van der Waals surface area contributed by atoms with Gasteiger partial charge in [0.1, 0.15) is 12.1 Å². The van der Waals surface area contributed by atoms with E-state index in [2.05, 4.69) is 30.4 Å². The fraction of sp³-hybridized carbons (Fsp3) is 0.571. The third kappa shape index (κ3) is 4.31. The van der Waals surface area contributed by atoms with E-state index in [4.69, 9.17) is 4.74 Å². The fourth-order valence-electron chi connectivity index (χ4n) is 4.50. The lowest BCUT2D eigenvalue weighted by Gasteiger charge is -2.36. The Kier molecular flexibility index (Phi) is 5.65. The molecule has 10 heteroatoms. The van der Waals surface area contributed by atoms with E-state index in [1.807, 2.05) is 13.0 Å². The van der Waals surface area contributed by atoms with E-state index in [0.717, 1.165) is 55.2 Å². The molecule has 5 heterocycles. The van der Waals surface area contributed by atoms with Crippen LogP contribution in [0.5, 0.6) is 0 Å². The second kappa shape index (κ2) is 8.72. The van der Waals surface area contributed by atoms with Crippen LogP contribution >= 0.6 is 0 Å². The minimum atomic E-state index is -0.0447. The van der Waals surface area contributed by atoms with Crippen molar-refractivity contribution in [3.63, 3.8) is 0 Å². The Balaban J connectivity index is 1.26. The van der Waals surface area contributed by atoms with E-state index in [-0.39, 0.29) is 5.56 Å². The van der Waals surface area contributed by atoms with Crippen molar-refractivity contribution in [1.82, 2.24) is 34.3 Å². The molecule has 1 N–H and O–H groups in total. The maximum absolute atomic E-state index is 12.5. The molecule has 3 aromatic rings. The monoisotopic (exact) mass is 424 g/mol. The van der Waals surface area contributed by atoms with Crippen molar-refractivity contribution < 1.29 is 4.74 Å². The van der Waals surface area contributed by atoms with Gasteiger partial charge in [0.2, 0.25) is 0 Å². The van der Waals surface area contributed by atoms with Gasteiger partial charge in [-0.3, -0.25) is 9.69 Å². The van der Waals surface area contributed by atoms with Crippen molar-refractivity contribution in [2.24, 2.45) is 0 Å². The Hall–Kier alpha value is -2.85. The van der Waals surface area contributed by atoms with Crippen LogP contribution in [0.1, 0.15) is 36.2 Å². The lowest BCUT2D eigenvalue weighted by atomic mass is 10.0. The molecule has 1 fully saturated rings. The zero-order valence-corrected chi connectivity index (χ0v) is 17.8. The van der Waals surface area contributed by atoms with E-state index in [1.165, 1.54) is 19.2 Å². The third-order valence-electron chi connectivity index (χ3n) is 6.15. The van der Waals surface area contributed by atoms with Crippen molar-refractivity contribution in [1.29, 1.82) is 0 Å². The Morgan fingerprint density at radius 3 is 3.13 bits per heavy atom. The summed E-state index contributed by atoms with van der Waals surface area (Å²) in [5.41, 5.74) is 2.79. The Morgan fingerprint density at radius 1 is 1.26 bits per heavy atom. The zero-order valence-electron chi connectivity index (χ0n) is 17.8. The van der Waals surface area contributed by atoms with Gasteiger partial charge >= 0.3 is 0 Å². The molecule has 1 saturated heterocycles. The molecule has 2 aliphatic rings. The molecule has 0 bridgehead atoms. The van der Waals surface area contributed by atoms with Crippen molar-refractivity contribution in [2.45, 2.75) is 51.8 Å². The molecule has 5 rings (SSSR count). The van der Waals surface area contributed by atoms with Gasteiger partial charge in [-0.2, -0.15) is 19.7 Å². The predicted molar refractivity (Wildman–Crippen MR) is 115 cm³/mol. The number of aromatic nitrogens is 6. The van der Waals surface area contributed by atoms with Crippen molar-refractivity contribution >= 4 is 11.6 Å². The maximum Gasteiger partial charge on any atom is 0.267 e. The first-order valence-corrected chi connectivity index (χ1v) is 11.0. The zero-order chi connectivity index (χ0) is 21.2. The number of piperidine rings is 1. The third-order valence-corrected chi connectivity index (χ3v) is 6.15. The topological polar surface area (TPSA) is 102 Å². The summed E-state index contributed by atoms with van der Waals surface area (Å²) in [4.78, 5) is 23.5. The molecule has 164 valence electrons. The minimum absolute atomic E-state index is 0.0447. The summed E-state index contributed by atoms with van der Waals surface area (Å²) in [7, 11) is 0. The van der Waals surface area contributed by atoms with Gasteiger partial charge in [0, 0.05) is 48.9 Å². The van der Waals surface area contributed by atoms with Crippen molar-refractivity contribution in [3.05, 3.63) is 45.8 Å². The predicted octanol–water partition coefficient (Wildman–Crippen LogP) is 1.03. The highest BCUT2D eigenvalue weighted by molar-refractivity contribution is 5.44. The molecule has 0 aliphatic carbocycles. The number of aryl methyl sites for hydroxylation is 1. The Morgan fingerprint density at radius 2 is 2.19 bits per heavy atom. The number of fused-ring (bicyclic) bond motifs is 2. The van der Waals surface area contributed by atoms with Crippen LogP contribution in [-0.4, -0.2) is 66.5 Å². The first-order chi connectivity index (χ1) is 15.2. The molecule has 2 aliphatic heterocycles. The summed E-state index contributed by atoms with van der Waals surface area (Å²) in [6.07, 6.45) is 5.82. The van der Waals surface area contributed by atoms with E-state index in [1.54, 1.807) is 15.3 Å². The SMILES string of the molecule is Cc1cc(NCC2CCCCN2CCn2nc3c(cc2=O)COCC3)n2ncnc2n1. The molecule has 0 aromatic carbocycles. The number of likely N-dealkylation sites (tertiary alicyclic amines) is 1. The lowest BCUT2D eigenvalue weighted by Crippen LogP contribution is -2.46. The number of hydrogen-bond acceptors (Lipinski definition) is 8. The van der Waals surface area contributed by atoms with Crippen molar-refractivity contribution in [3.8, 4) is 0 Å².